The number of benzene rings is 1. The highest BCUT2D eigenvalue weighted by molar-refractivity contribution is 9.10. The maximum atomic E-state index is 13.5. The van der Waals surface area contributed by atoms with Crippen molar-refractivity contribution in [3.63, 3.8) is 0 Å². The molecule has 92 valence electrons. The highest BCUT2D eigenvalue weighted by atomic mass is 79.9. The van der Waals surface area contributed by atoms with Crippen LogP contribution < -0.4 is 0 Å². The van der Waals surface area contributed by atoms with E-state index in [-0.39, 0.29) is 17.7 Å². The zero-order valence-corrected chi connectivity index (χ0v) is 10.4. The predicted molar refractivity (Wildman–Crippen MR) is 61.5 cm³/mol. The quantitative estimate of drug-likeness (QED) is 0.370. The van der Waals surface area contributed by atoms with E-state index in [4.69, 9.17) is 0 Å². The first-order valence-corrected chi connectivity index (χ1v) is 5.52. The molecule has 0 heterocycles. The molecule has 0 amide bonds. The van der Waals surface area contributed by atoms with Crippen molar-refractivity contribution in [2.24, 2.45) is 0 Å². The van der Waals surface area contributed by atoms with Crippen LogP contribution in [0.4, 0.5) is 10.1 Å². The average molecular weight is 306 g/mol. The number of nitro benzene ring substituents is 1. The van der Waals surface area contributed by atoms with Crippen molar-refractivity contribution < 1.29 is 18.8 Å². The molecule has 1 aromatic carbocycles. The van der Waals surface area contributed by atoms with Crippen LogP contribution in [-0.4, -0.2) is 22.8 Å². The van der Waals surface area contributed by atoms with E-state index in [2.05, 4.69) is 20.7 Å². The average Bonchev–Trinajstić information content (AvgIpc) is 2.30. The predicted octanol–water partition coefficient (Wildman–Crippen LogP) is 2.21. The van der Waals surface area contributed by atoms with Gasteiger partial charge in [0.05, 0.1) is 17.6 Å². The largest absolute Gasteiger partial charge is 0.468 e. The summed E-state index contributed by atoms with van der Waals surface area (Å²) in [7, 11) is 1.19. The Morgan fingerprint density at radius 2 is 2.29 bits per heavy atom. The lowest BCUT2D eigenvalue weighted by Crippen LogP contribution is -2.19. The lowest BCUT2D eigenvalue weighted by molar-refractivity contribution is -0.385. The summed E-state index contributed by atoms with van der Waals surface area (Å²) >= 11 is 2.99. The molecule has 1 atom stereocenters. The standard InChI is InChI=1S/C10H9BrFNO4/c1-17-10(14)7(11)5-6-8(12)3-2-4-9(6)13(15)16/h2-4,7H,5H2,1H3. The number of rotatable bonds is 4. The number of carbonyl (C=O) groups excluding carboxylic acids is 1. The van der Waals surface area contributed by atoms with E-state index in [9.17, 15) is 19.3 Å². The maximum absolute atomic E-state index is 13.5. The molecule has 0 aliphatic carbocycles. The van der Waals surface area contributed by atoms with E-state index in [0.29, 0.717) is 0 Å². The monoisotopic (exact) mass is 305 g/mol. The Balaban J connectivity index is 3.05. The highest BCUT2D eigenvalue weighted by Crippen LogP contribution is 2.24. The van der Waals surface area contributed by atoms with Gasteiger partial charge < -0.3 is 4.74 Å². The molecule has 0 aliphatic heterocycles. The smallest absolute Gasteiger partial charge is 0.319 e. The zero-order valence-electron chi connectivity index (χ0n) is 8.85. The van der Waals surface area contributed by atoms with Crippen molar-refractivity contribution in [3.8, 4) is 0 Å². The second-order valence-electron chi connectivity index (χ2n) is 3.19. The van der Waals surface area contributed by atoms with Crippen LogP contribution in [0.5, 0.6) is 0 Å². The molecular formula is C10H9BrFNO4. The summed E-state index contributed by atoms with van der Waals surface area (Å²) in [6.07, 6.45) is -0.143. The number of ether oxygens (including phenoxy) is 1. The fourth-order valence-corrected chi connectivity index (χ4v) is 1.82. The Morgan fingerprint density at radius 3 is 2.82 bits per heavy atom. The summed E-state index contributed by atoms with van der Waals surface area (Å²) < 4.78 is 17.9. The van der Waals surface area contributed by atoms with Gasteiger partial charge in [-0.1, -0.05) is 22.0 Å². The number of hydrogen-bond acceptors (Lipinski definition) is 4. The molecule has 7 heteroatoms. The molecule has 0 saturated heterocycles. The molecular weight excluding hydrogens is 297 g/mol. The number of nitro groups is 1. The fraction of sp³-hybridized carbons (Fsp3) is 0.300. The van der Waals surface area contributed by atoms with Crippen molar-refractivity contribution in [1.82, 2.24) is 0 Å². The van der Waals surface area contributed by atoms with Crippen LogP contribution in [0.3, 0.4) is 0 Å². The minimum atomic E-state index is -0.817. The minimum absolute atomic E-state index is 0.121. The summed E-state index contributed by atoms with van der Waals surface area (Å²) in [5.74, 6) is -1.32. The molecule has 0 radical (unpaired) electrons. The van der Waals surface area contributed by atoms with E-state index < -0.39 is 21.5 Å². The van der Waals surface area contributed by atoms with E-state index in [0.717, 1.165) is 6.07 Å². The molecule has 1 rings (SSSR count). The SMILES string of the molecule is COC(=O)C(Br)Cc1c(F)cccc1[N+](=O)[O-]. The van der Waals surface area contributed by atoms with Gasteiger partial charge in [0, 0.05) is 12.5 Å². The summed E-state index contributed by atoms with van der Waals surface area (Å²) in [4.78, 5) is 20.3. The molecule has 1 unspecified atom stereocenters. The summed E-state index contributed by atoms with van der Waals surface area (Å²) in [5, 5.41) is 10.7. The molecule has 0 spiro atoms. The first kappa shape index (κ1) is 13.6. The molecule has 0 N–H and O–H groups in total. The molecule has 0 bridgehead atoms. The Labute approximate surface area is 105 Å². The van der Waals surface area contributed by atoms with Crippen LogP contribution >= 0.6 is 15.9 Å². The van der Waals surface area contributed by atoms with Crippen LogP contribution in [-0.2, 0) is 16.0 Å². The van der Waals surface area contributed by atoms with Gasteiger partial charge in [-0.15, -0.1) is 0 Å². The van der Waals surface area contributed by atoms with Crippen LogP contribution in [0.2, 0.25) is 0 Å². The van der Waals surface area contributed by atoms with Crippen LogP contribution in [0, 0.1) is 15.9 Å². The fourth-order valence-electron chi connectivity index (χ4n) is 1.31. The lowest BCUT2D eigenvalue weighted by Gasteiger charge is -2.08. The van der Waals surface area contributed by atoms with Gasteiger partial charge in [0.1, 0.15) is 10.6 Å². The van der Waals surface area contributed by atoms with Crippen molar-refractivity contribution in [2.45, 2.75) is 11.2 Å². The third-order valence-electron chi connectivity index (χ3n) is 2.13. The first-order valence-electron chi connectivity index (χ1n) is 4.61. The molecule has 1 aromatic rings. The Morgan fingerprint density at radius 1 is 1.65 bits per heavy atom. The van der Waals surface area contributed by atoms with E-state index in [1.165, 1.54) is 19.2 Å². The van der Waals surface area contributed by atoms with Gasteiger partial charge in [-0.2, -0.15) is 0 Å². The number of halogens is 2. The van der Waals surface area contributed by atoms with Crippen molar-refractivity contribution in [3.05, 3.63) is 39.7 Å². The number of esters is 1. The Kier molecular flexibility index (Phi) is 4.56. The second-order valence-corrected chi connectivity index (χ2v) is 4.29. The van der Waals surface area contributed by atoms with Gasteiger partial charge in [0.2, 0.25) is 0 Å². The van der Waals surface area contributed by atoms with E-state index in [1.807, 2.05) is 0 Å². The molecule has 0 saturated carbocycles. The third kappa shape index (κ3) is 3.23. The van der Waals surface area contributed by atoms with Gasteiger partial charge in [0.15, 0.2) is 0 Å². The minimum Gasteiger partial charge on any atom is -0.468 e. The van der Waals surface area contributed by atoms with Crippen molar-refractivity contribution >= 4 is 27.6 Å². The van der Waals surface area contributed by atoms with Crippen molar-refractivity contribution in [2.75, 3.05) is 7.11 Å². The molecule has 0 aliphatic rings. The lowest BCUT2D eigenvalue weighted by atomic mass is 10.1. The number of alkyl halides is 1. The van der Waals surface area contributed by atoms with E-state index >= 15 is 0 Å². The second kappa shape index (κ2) is 5.72. The van der Waals surface area contributed by atoms with Crippen LogP contribution in [0.1, 0.15) is 5.56 Å². The summed E-state index contributed by atoms with van der Waals surface area (Å²) in [5.41, 5.74) is -0.469. The topological polar surface area (TPSA) is 69.4 Å². The normalized spacial score (nSPS) is 11.9. The van der Waals surface area contributed by atoms with E-state index in [1.54, 1.807) is 0 Å². The number of carbonyl (C=O) groups is 1. The summed E-state index contributed by atoms with van der Waals surface area (Å²) in [6, 6.07) is 3.55. The molecule has 5 nitrogen and oxygen atoms in total. The highest BCUT2D eigenvalue weighted by Gasteiger charge is 2.24. The molecule has 0 fully saturated rings. The Hall–Kier alpha value is -1.50. The molecule has 0 aromatic heterocycles. The number of methoxy groups -OCH3 is 1. The maximum Gasteiger partial charge on any atom is 0.319 e. The molecule has 17 heavy (non-hydrogen) atoms. The number of hydrogen-bond donors (Lipinski definition) is 0. The number of nitrogens with zero attached hydrogens (tertiary/aromatic N) is 1. The summed E-state index contributed by atoms with van der Waals surface area (Å²) in [6.45, 7) is 0. The zero-order chi connectivity index (χ0) is 13.0. The van der Waals surface area contributed by atoms with Crippen LogP contribution in [0.15, 0.2) is 18.2 Å². The van der Waals surface area contributed by atoms with Gasteiger partial charge in [0.25, 0.3) is 5.69 Å². The van der Waals surface area contributed by atoms with Gasteiger partial charge in [-0.05, 0) is 6.07 Å². The van der Waals surface area contributed by atoms with Gasteiger partial charge in [-0.25, -0.2) is 4.39 Å². The first-order chi connectivity index (χ1) is 7.97. The van der Waals surface area contributed by atoms with Gasteiger partial charge >= 0.3 is 5.97 Å². The Bertz CT molecular complexity index is 452. The van der Waals surface area contributed by atoms with Crippen LogP contribution in [0.25, 0.3) is 0 Å². The van der Waals surface area contributed by atoms with Crippen molar-refractivity contribution in [1.29, 1.82) is 0 Å². The van der Waals surface area contributed by atoms with Gasteiger partial charge in [-0.3, -0.25) is 14.9 Å². The third-order valence-corrected chi connectivity index (χ3v) is 2.83.